The molecule has 0 spiro atoms. The molecule has 2 heterocycles. The molecule has 3 rings (SSSR count). The van der Waals surface area contributed by atoms with Gasteiger partial charge in [0, 0.05) is 50.7 Å². The Morgan fingerprint density at radius 1 is 1.12 bits per heavy atom. The number of hydrogen-bond donors (Lipinski definition) is 0. The van der Waals surface area contributed by atoms with Crippen molar-refractivity contribution in [1.29, 1.82) is 5.26 Å². The fraction of sp³-hybridized carbons (Fsp3) is 0.312. The van der Waals surface area contributed by atoms with Gasteiger partial charge in [0.15, 0.2) is 0 Å². The van der Waals surface area contributed by atoms with Crippen LogP contribution in [0.1, 0.15) is 12.0 Å². The van der Waals surface area contributed by atoms with Gasteiger partial charge in [0.05, 0.1) is 16.2 Å². The Hall–Kier alpha value is -3.21. The summed E-state index contributed by atoms with van der Waals surface area (Å²) in [6.45, 7) is 3.03. The van der Waals surface area contributed by atoms with Gasteiger partial charge in [-0.25, -0.2) is 9.97 Å². The molecule has 1 aliphatic rings. The van der Waals surface area contributed by atoms with Crippen molar-refractivity contribution < 1.29 is 4.92 Å². The smallest absolute Gasteiger partial charge is 0.270 e. The van der Waals surface area contributed by atoms with Crippen LogP contribution in [0.3, 0.4) is 0 Å². The van der Waals surface area contributed by atoms with Gasteiger partial charge in [0.1, 0.15) is 6.07 Å². The van der Waals surface area contributed by atoms with Gasteiger partial charge in [-0.05, 0) is 18.6 Å². The lowest BCUT2D eigenvalue weighted by Gasteiger charge is -2.24. The molecular weight excluding hydrogens is 308 g/mol. The molecule has 0 aliphatic carbocycles. The van der Waals surface area contributed by atoms with Crippen molar-refractivity contribution in [1.82, 2.24) is 9.97 Å². The fourth-order valence-corrected chi connectivity index (χ4v) is 2.82. The molecule has 122 valence electrons. The third-order valence-corrected chi connectivity index (χ3v) is 3.98. The second kappa shape index (κ2) is 6.91. The number of nitriles is 1. The van der Waals surface area contributed by atoms with Gasteiger partial charge in [0.25, 0.3) is 5.69 Å². The minimum absolute atomic E-state index is 0.0653. The standard InChI is InChI=1S/C16H16N6O2/c17-12-13-11-14(22(23)24)3-4-15(13)20-7-2-8-21(10-9-20)16-18-5-1-6-19-16/h1,3-6,11H,2,7-10H2. The van der Waals surface area contributed by atoms with E-state index in [-0.39, 0.29) is 5.69 Å². The van der Waals surface area contributed by atoms with Crippen LogP contribution in [0.25, 0.3) is 0 Å². The first-order chi connectivity index (χ1) is 11.7. The van der Waals surface area contributed by atoms with Crippen molar-refractivity contribution in [2.24, 2.45) is 0 Å². The van der Waals surface area contributed by atoms with E-state index in [4.69, 9.17) is 0 Å². The third-order valence-electron chi connectivity index (χ3n) is 3.98. The predicted molar refractivity (Wildman–Crippen MR) is 88.9 cm³/mol. The second-order valence-electron chi connectivity index (χ2n) is 5.45. The normalized spacial score (nSPS) is 14.8. The van der Waals surface area contributed by atoms with Crippen LogP contribution in [0.15, 0.2) is 36.7 Å². The van der Waals surface area contributed by atoms with Crippen LogP contribution in [0.5, 0.6) is 0 Å². The summed E-state index contributed by atoms with van der Waals surface area (Å²) >= 11 is 0. The summed E-state index contributed by atoms with van der Waals surface area (Å²) in [4.78, 5) is 23.1. The summed E-state index contributed by atoms with van der Waals surface area (Å²) in [7, 11) is 0. The van der Waals surface area contributed by atoms with E-state index in [1.807, 2.05) is 0 Å². The molecule has 1 aromatic heterocycles. The summed E-state index contributed by atoms with van der Waals surface area (Å²) in [5.74, 6) is 0.698. The molecular formula is C16H16N6O2. The molecule has 0 amide bonds. The third kappa shape index (κ3) is 3.25. The maximum atomic E-state index is 10.9. The number of anilines is 2. The van der Waals surface area contributed by atoms with Crippen LogP contribution in [0, 0.1) is 21.4 Å². The largest absolute Gasteiger partial charge is 0.369 e. The molecule has 0 unspecified atom stereocenters. The zero-order valence-corrected chi connectivity index (χ0v) is 13.0. The topological polar surface area (TPSA) is 99.2 Å². The predicted octanol–water partition coefficient (Wildman–Crippen LogP) is 1.97. The van der Waals surface area contributed by atoms with Crippen LogP contribution in [0.4, 0.5) is 17.3 Å². The number of aromatic nitrogens is 2. The molecule has 1 aromatic carbocycles. The first-order valence-electron chi connectivity index (χ1n) is 7.64. The summed E-state index contributed by atoms with van der Waals surface area (Å²) < 4.78 is 0. The van der Waals surface area contributed by atoms with Crippen molar-refractivity contribution >= 4 is 17.3 Å². The minimum atomic E-state index is -0.485. The molecule has 8 nitrogen and oxygen atoms in total. The highest BCUT2D eigenvalue weighted by atomic mass is 16.6. The second-order valence-corrected chi connectivity index (χ2v) is 5.45. The number of rotatable bonds is 3. The zero-order chi connectivity index (χ0) is 16.9. The van der Waals surface area contributed by atoms with E-state index in [0.29, 0.717) is 18.1 Å². The average molecular weight is 324 g/mol. The van der Waals surface area contributed by atoms with Crippen LogP contribution in [-0.2, 0) is 0 Å². The number of non-ortho nitro benzene ring substituents is 1. The molecule has 0 radical (unpaired) electrons. The van der Waals surface area contributed by atoms with E-state index in [0.717, 1.165) is 31.7 Å². The molecule has 1 aliphatic heterocycles. The maximum absolute atomic E-state index is 10.9. The van der Waals surface area contributed by atoms with E-state index in [1.54, 1.807) is 24.5 Å². The van der Waals surface area contributed by atoms with Crippen molar-refractivity contribution in [2.75, 3.05) is 36.0 Å². The Morgan fingerprint density at radius 2 is 1.83 bits per heavy atom. The lowest BCUT2D eigenvalue weighted by Crippen LogP contribution is -2.31. The Balaban J connectivity index is 1.79. The van der Waals surface area contributed by atoms with E-state index in [9.17, 15) is 15.4 Å². The Kier molecular flexibility index (Phi) is 4.52. The minimum Gasteiger partial charge on any atom is -0.369 e. The maximum Gasteiger partial charge on any atom is 0.270 e. The van der Waals surface area contributed by atoms with E-state index >= 15 is 0 Å². The van der Waals surface area contributed by atoms with Gasteiger partial charge in [-0.15, -0.1) is 0 Å². The van der Waals surface area contributed by atoms with E-state index in [1.165, 1.54) is 12.1 Å². The summed E-state index contributed by atoms with van der Waals surface area (Å²) in [6, 6.07) is 8.28. The number of nitrogens with zero attached hydrogens (tertiary/aromatic N) is 6. The average Bonchev–Trinajstić information content (AvgIpc) is 2.88. The number of hydrogen-bond acceptors (Lipinski definition) is 7. The lowest BCUT2D eigenvalue weighted by atomic mass is 10.1. The Bertz CT molecular complexity index is 774. The number of nitro groups is 1. The van der Waals surface area contributed by atoms with Crippen molar-refractivity contribution in [3.05, 3.63) is 52.3 Å². The quantitative estimate of drug-likeness (QED) is 0.628. The first-order valence-corrected chi connectivity index (χ1v) is 7.64. The Morgan fingerprint density at radius 3 is 2.54 bits per heavy atom. The number of nitro benzene ring substituents is 1. The zero-order valence-electron chi connectivity index (χ0n) is 13.0. The molecule has 0 N–H and O–H groups in total. The molecule has 0 atom stereocenters. The van der Waals surface area contributed by atoms with Gasteiger partial charge in [0.2, 0.25) is 5.95 Å². The van der Waals surface area contributed by atoms with E-state index < -0.39 is 4.92 Å². The molecule has 8 heteroatoms. The fourth-order valence-electron chi connectivity index (χ4n) is 2.82. The Labute approximate surface area is 139 Å². The molecule has 0 saturated carbocycles. The summed E-state index contributed by atoms with van der Waals surface area (Å²) in [6.07, 6.45) is 4.32. The van der Waals surface area contributed by atoms with E-state index in [2.05, 4.69) is 25.8 Å². The molecule has 0 bridgehead atoms. The van der Waals surface area contributed by atoms with Crippen LogP contribution in [0.2, 0.25) is 0 Å². The molecule has 2 aromatic rings. The summed E-state index contributed by atoms with van der Waals surface area (Å²) in [5.41, 5.74) is 0.997. The van der Waals surface area contributed by atoms with Gasteiger partial charge >= 0.3 is 0 Å². The van der Waals surface area contributed by atoms with Gasteiger partial charge in [-0.2, -0.15) is 5.26 Å². The van der Waals surface area contributed by atoms with Crippen LogP contribution in [-0.4, -0.2) is 41.1 Å². The van der Waals surface area contributed by atoms with Crippen molar-refractivity contribution in [3.8, 4) is 6.07 Å². The van der Waals surface area contributed by atoms with Gasteiger partial charge in [-0.3, -0.25) is 10.1 Å². The lowest BCUT2D eigenvalue weighted by molar-refractivity contribution is -0.384. The molecule has 24 heavy (non-hydrogen) atoms. The molecule has 1 saturated heterocycles. The van der Waals surface area contributed by atoms with Crippen LogP contribution < -0.4 is 9.80 Å². The highest BCUT2D eigenvalue weighted by molar-refractivity contribution is 5.63. The first kappa shape index (κ1) is 15.7. The highest BCUT2D eigenvalue weighted by Crippen LogP contribution is 2.26. The monoisotopic (exact) mass is 324 g/mol. The summed E-state index contributed by atoms with van der Waals surface area (Å²) in [5, 5.41) is 20.2. The van der Waals surface area contributed by atoms with Gasteiger partial charge < -0.3 is 9.80 Å². The van der Waals surface area contributed by atoms with Crippen molar-refractivity contribution in [2.45, 2.75) is 6.42 Å². The van der Waals surface area contributed by atoms with Crippen molar-refractivity contribution in [3.63, 3.8) is 0 Å². The molecule has 1 fully saturated rings. The SMILES string of the molecule is N#Cc1cc([N+](=O)[O-])ccc1N1CCCN(c2ncccn2)CC1. The van der Waals surface area contributed by atoms with Gasteiger partial charge in [-0.1, -0.05) is 0 Å². The number of benzene rings is 1. The van der Waals surface area contributed by atoms with Crippen LogP contribution >= 0.6 is 0 Å². The highest BCUT2D eigenvalue weighted by Gasteiger charge is 2.20.